The highest BCUT2D eigenvalue weighted by Gasteiger charge is 2.19. The van der Waals surface area contributed by atoms with Crippen LogP contribution in [0.25, 0.3) is 0 Å². The molecule has 1 unspecified atom stereocenters. The maximum absolute atomic E-state index is 12.1. The Morgan fingerprint density at radius 3 is 2.40 bits per heavy atom. The van der Waals surface area contributed by atoms with E-state index in [4.69, 9.17) is 11.2 Å². The molecule has 1 heterocycles. The molecule has 20 heavy (non-hydrogen) atoms. The van der Waals surface area contributed by atoms with Crippen molar-refractivity contribution in [3.63, 3.8) is 0 Å². The lowest BCUT2D eigenvalue weighted by molar-refractivity contribution is -0.384. The number of benzene rings is 1. The smallest absolute Gasteiger partial charge is 0.308 e. The Bertz CT molecular complexity index is 650. The van der Waals surface area contributed by atoms with Crippen LogP contribution in [0.3, 0.4) is 0 Å². The zero-order chi connectivity index (χ0) is 14.6. The zero-order valence-electron chi connectivity index (χ0n) is 10.1. The number of aromatic nitrogens is 1. The molecule has 0 fully saturated rings. The van der Waals surface area contributed by atoms with E-state index in [0.717, 1.165) is 0 Å². The summed E-state index contributed by atoms with van der Waals surface area (Å²) >= 11 is 5.87. The third kappa shape index (κ3) is 3.94. The van der Waals surface area contributed by atoms with Crippen LogP contribution in [0, 0.1) is 10.1 Å². The minimum Gasteiger partial charge on any atom is -0.308 e. The standard InChI is InChI=1S/C11H10ClN4O3P/c12-20(19,15-11-3-1-2-8-13-11)14-9-4-6-10(7-5-9)16(17)18/h1-8H,(H2,13,14,15,19). The predicted octanol–water partition coefficient (Wildman–Crippen LogP) is 3.86. The summed E-state index contributed by atoms with van der Waals surface area (Å²) in [6.45, 7) is -3.44. The number of halogens is 1. The van der Waals surface area contributed by atoms with Gasteiger partial charge in [0, 0.05) is 24.0 Å². The summed E-state index contributed by atoms with van der Waals surface area (Å²) in [5, 5.41) is 15.7. The van der Waals surface area contributed by atoms with Gasteiger partial charge in [-0.05, 0) is 35.5 Å². The molecule has 0 bridgehead atoms. The van der Waals surface area contributed by atoms with E-state index in [1.54, 1.807) is 18.2 Å². The lowest BCUT2D eigenvalue weighted by atomic mass is 10.3. The monoisotopic (exact) mass is 312 g/mol. The Labute approximate surface area is 119 Å². The molecule has 2 aromatic rings. The number of non-ortho nitro benzene ring substituents is 1. The highest BCUT2D eigenvalue weighted by atomic mass is 35.7. The van der Waals surface area contributed by atoms with E-state index in [1.165, 1.54) is 30.5 Å². The van der Waals surface area contributed by atoms with Gasteiger partial charge in [-0.1, -0.05) is 6.07 Å². The second-order valence-corrected chi connectivity index (χ2v) is 6.72. The van der Waals surface area contributed by atoms with Crippen molar-refractivity contribution in [1.82, 2.24) is 4.98 Å². The number of hydrogen-bond donors (Lipinski definition) is 2. The quantitative estimate of drug-likeness (QED) is 0.494. The van der Waals surface area contributed by atoms with Crippen LogP contribution in [0.5, 0.6) is 0 Å². The molecule has 0 aliphatic rings. The molecule has 0 saturated carbocycles. The van der Waals surface area contributed by atoms with Gasteiger partial charge >= 0.3 is 6.80 Å². The first-order valence-electron chi connectivity index (χ1n) is 5.48. The van der Waals surface area contributed by atoms with E-state index >= 15 is 0 Å². The molecule has 0 saturated heterocycles. The van der Waals surface area contributed by atoms with E-state index in [2.05, 4.69) is 15.2 Å². The fraction of sp³-hybridized carbons (Fsp3) is 0. The molecular weight excluding hydrogens is 303 g/mol. The van der Waals surface area contributed by atoms with Crippen LogP contribution in [-0.4, -0.2) is 9.91 Å². The van der Waals surface area contributed by atoms with E-state index in [0.29, 0.717) is 11.5 Å². The van der Waals surface area contributed by atoms with Gasteiger partial charge in [0.2, 0.25) is 0 Å². The first-order chi connectivity index (χ1) is 9.46. The average Bonchev–Trinajstić information content (AvgIpc) is 2.39. The summed E-state index contributed by atoms with van der Waals surface area (Å²) in [4.78, 5) is 14.0. The molecule has 1 aromatic carbocycles. The van der Waals surface area contributed by atoms with Crippen LogP contribution in [0.2, 0.25) is 0 Å². The molecule has 9 heteroatoms. The van der Waals surface area contributed by atoms with Crippen molar-refractivity contribution in [3.05, 3.63) is 58.8 Å². The van der Waals surface area contributed by atoms with Gasteiger partial charge in [-0.15, -0.1) is 0 Å². The normalized spacial score (nSPS) is 13.2. The lowest BCUT2D eigenvalue weighted by Gasteiger charge is -2.15. The lowest BCUT2D eigenvalue weighted by Crippen LogP contribution is -2.02. The third-order valence-electron chi connectivity index (χ3n) is 2.27. The summed E-state index contributed by atoms with van der Waals surface area (Å²) in [7, 11) is 0. The zero-order valence-corrected chi connectivity index (χ0v) is 11.7. The van der Waals surface area contributed by atoms with Crippen molar-refractivity contribution in [1.29, 1.82) is 0 Å². The molecule has 0 amide bonds. The van der Waals surface area contributed by atoms with Crippen molar-refractivity contribution >= 4 is 35.2 Å². The number of nitro groups is 1. The summed E-state index contributed by atoms with van der Waals surface area (Å²) in [6, 6.07) is 10.5. The van der Waals surface area contributed by atoms with Gasteiger partial charge in [-0.2, -0.15) is 0 Å². The van der Waals surface area contributed by atoms with Crippen molar-refractivity contribution in [2.45, 2.75) is 0 Å². The molecule has 0 spiro atoms. The molecule has 7 nitrogen and oxygen atoms in total. The van der Waals surface area contributed by atoms with Crippen molar-refractivity contribution in [3.8, 4) is 0 Å². The molecule has 1 aromatic heterocycles. The molecule has 2 N–H and O–H groups in total. The second kappa shape index (κ2) is 5.90. The summed E-state index contributed by atoms with van der Waals surface area (Å²) in [5.74, 6) is 0.361. The van der Waals surface area contributed by atoms with Crippen molar-refractivity contribution in [2.24, 2.45) is 0 Å². The molecule has 2 rings (SSSR count). The Kier molecular flexibility index (Phi) is 4.22. The second-order valence-electron chi connectivity index (χ2n) is 3.77. The van der Waals surface area contributed by atoms with Crippen LogP contribution in [-0.2, 0) is 4.57 Å². The minimum absolute atomic E-state index is 0.0577. The highest BCUT2D eigenvalue weighted by Crippen LogP contribution is 2.49. The Morgan fingerprint density at radius 2 is 1.85 bits per heavy atom. The summed E-state index contributed by atoms with van der Waals surface area (Å²) in [5.41, 5.74) is 0.343. The molecule has 0 aliphatic heterocycles. The topological polar surface area (TPSA) is 97.2 Å². The molecule has 0 aliphatic carbocycles. The van der Waals surface area contributed by atoms with Crippen molar-refractivity contribution < 1.29 is 9.49 Å². The van der Waals surface area contributed by atoms with Crippen LogP contribution in [0.4, 0.5) is 17.2 Å². The number of nitrogens with one attached hydrogen (secondary N) is 2. The number of rotatable bonds is 5. The average molecular weight is 313 g/mol. The van der Waals surface area contributed by atoms with Gasteiger partial charge in [-0.3, -0.25) is 19.8 Å². The number of hydrogen-bond acceptors (Lipinski definition) is 4. The third-order valence-corrected chi connectivity index (χ3v) is 3.84. The fourth-order valence-electron chi connectivity index (χ4n) is 1.43. The molecule has 104 valence electrons. The minimum atomic E-state index is -3.44. The van der Waals surface area contributed by atoms with Gasteiger partial charge in [0.05, 0.1) is 4.92 Å². The Balaban J connectivity index is 2.08. The van der Waals surface area contributed by atoms with E-state index < -0.39 is 11.7 Å². The first-order valence-corrected chi connectivity index (χ1v) is 8.09. The van der Waals surface area contributed by atoms with Crippen LogP contribution >= 0.6 is 18.0 Å². The van der Waals surface area contributed by atoms with Gasteiger partial charge in [0.15, 0.2) is 0 Å². The maximum atomic E-state index is 12.1. The van der Waals surface area contributed by atoms with Gasteiger partial charge in [-0.25, -0.2) is 4.98 Å². The van der Waals surface area contributed by atoms with Crippen molar-refractivity contribution in [2.75, 3.05) is 10.2 Å². The van der Waals surface area contributed by atoms with Gasteiger partial charge < -0.3 is 5.09 Å². The van der Waals surface area contributed by atoms with Crippen LogP contribution in [0.15, 0.2) is 48.7 Å². The number of nitro benzene ring substituents is 1. The SMILES string of the molecule is O=[N+]([O-])c1ccc(NP(=O)(Cl)Nc2ccccn2)cc1. The molecule has 1 atom stereocenters. The van der Waals surface area contributed by atoms with E-state index in [9.17, 15) is 14.7 Å². The Hall–Kier alpha value is -2.11. The van der Waals surface area contributed by atoms with E-state index in [1.807, 2.05) is 0 Å². The molecule has 0 radical (unpaired) electrons. The highest BCUT2D eigenvalue weighted by molar-refractivity contribution is 7.91. The largest absolute Gasteiger partial charge is 0.348 e. The number of nitrogens with zero attached hydrogens (tertiary/aromatic N) is 2. The number of pyridine rings is 1. The van der Waals surface area contributed by atoms with Gasteiger partial charge in [0.1, 0.15) is 5.82 Å². The fourth-order valence-corrected chi connectivity index (χ4v) is 2.94. The predicted molar refractivity (Wildman–Crippen MR) is 78.0 cm³/mol. The number of anilines is 2. The molecular formula is C11H10ClN4O3P. The van der Waals surface area contributed by atoms with Crippen LogP contribution < -0.4 is 10.2 Å². The first kappa shape index (κ1) is 14.3. The maximum Gasteiger partial charge on any atom is 0.348 e. The van der Waals surface area contributed by atoms with Gasteiger partial charge in [0.25, 0.3) is 5.69 Å². The summed E-state index contributed by atoms with van der Waals surface area (Å²) < 4.78 is 12.1. The van der Waals surface area contributed by atoms with Crippen LogP contribution in [0.1, 0.15) is 0 Å². The Morgan fingerprint density at radius 1 is 1.15 bits per heavy atom. The summed E-state index contributed by atoms with van der Waals surface area (Å²) in [6.07, 6.45) is 1.53. The van der Waals surface area contributed by atoms with E-state index in [-0.39, 0.29) is 5.69 Å².